The Bertz CT molecular complexity index is 517. The van der Waals surface area contributed by atoms with Crippen LogP contribution in [0.3, 0.4) is 0 Å². The Morgan fingerprint density at radius 1 is 1.30 bits per heavy atom. The van der Waals surface area contributed by atoms with Crippen LogP contribution in [0.5, 0.6) is 0 Å². The monoisotopic (exact) mass is 321 g/mol. The summed E-state index contributed by atoms with van der Waals surface area (Å²) in [6.07, 6.45) is 0.512. The summed E-state index contributed by atoms with van der Waals surface area (Å²) >= 11 is 0. The van der Waals surface area contributed by atoms with E-state index >= 15 is 0 Å². The highest BCUT2D eigenvalue weighted by Crippen LogP contribution is 2.38. The van der Waals surface area contributed by atoms with E-state index < -0.39 is 11.0 Å². The molecule has 23 heavy (non-hydrogen) atoms. The number of methoxy groups -OCH3 is 1. The Balaban J connectivity index is 1.84. The zero-order valence-electron chi connectivity index (χ0n) is 14.2. The highest BCUT2D eigenvalue weighted by atomic mass is 16.5. The van der Waals surface area contributed by atoms with Gasteiger partial charge in [0.25, 0.3) is 0 Å². The lowest BCUT2D eigenvalue weighted by molar-refractivity contribution is -0.166. The van der Waals surface area contributed by atoms with E-state index in [4.69, 9.17) is 9.47 Å². The fraction of sp³-hybridized carbons (Fsp3) is 0.611. The van der Waals surface area contributed by atoms with Gasteiger partial charge in [0.1, 0.15) is 6.61 Å². The van der Waals surface area contributed by atoms with Crippen LogP contribution in [0.1, 0.15) is 25.8 Å². The van der Waals surface area contributed by atoms with Crippen molar-refractivity contribution in [1.82, 2.24) is 4.90 Å². The number of benzene rings is 1. The zero-order valence-corrected chi connectivity index (χ0v) is 14.2. The number of carbonyl (C=O) groups is 1. The van der Waals surface area contributed by atoms with E-state index in [1.54, 1.807) is 12.0 Å². The first-order valence-corrected chi connectivity index (χ1v) is 7.99. The predicted molar refractivity (Wildman–Crippen MR) is 87.9 cm³/mol. The second-order valence-electron chi connectivity index (χ2n) is 6.89. The number of aliphatic hydroxyl groups is 1. The lowest BCUT2D eigenvalue weighted by Gasteiger charge is -2.49. The topological polar surface area (TPSA) is 59.0 Å². The first-order chi connectivity index (χ1) is 10.9. The first kappa shape index (κ1) is 17.9. The molecule has 1 atom stereocenters. The third kappa shape index (κ3) is 4.31. The minimum Gasteiger partial charge on any atom is -0.387 e. The quantitative estimate of drug-likeness (QED) is 0.868. The summed E-state index contributed by atoms with van der Waals surface area (Å²) in [7, 11) is 1.59. The molecule has 0 saturated carbocycles. The van der Waals surface area contributed by atoms with Crippen molar-refractivity contribution in [1.29, 1.82) is 0 Å². The van der Waals surface area contributed by atoms with Crippen molar-refractivity contribution < 1.29 is 19.4 Å². The van der Waals surface area contributed by atoms with Crippen molar-refractivity contribution in [3.8, 4) is 0 Å². The van der Waals surface area contributed by atoms with Gasteiger partial charge in [0.15, 0.2) is 0 Å². The van der Waals surface area contributed by atoms with Gasteiger partial charge in [-0.3, -0.25) is 4.79 Å². The van der Waals surface area contributed by atoms with Gasteiger partial charge >= 0.3 is 0 Å². The maximum atomic E-state index is 12.3. The molecule has 5 heteroatoms. The van der Waals surface area contributed by atoms with Crippen molar-refractivity contribution in [2.24, 2.45) is 5.41 Å². The van der Waals surface area contributed by atoms with E-state index in [1.807, 2.05) is 44.2 Å². The maximum Gasteiger partial charge on any atom is 0.248 e. The minimum absolute atomic E-state index is 0.0338. The molecule has 1 N–H and O–H groups in total. The first-order valence-electron chi connectivity index (χ1n) is 7.99. The SMILES string of the molecule is COC[C@]1(O)CCN(C(=O)COCc2ccccc2)CC1(C)C. The largest absolute Gasteiger partial charge is 0.387 e. The highest BCUT2D eigenvalue weighted by Gasteiger charge is 2.48. The Morgan fingerprint density at radius 2 is 2.00 bits per heavy atom. The van der Waals surface area contributed by atoms with Gasteiger partial charge in [-0.25, -0.2) is 0 Å². The number of hydrogen-bond donors (Lipinski definition) is 1. The number of hydrogen-bond acceptors (Lipinski definition) is 4. The Morgan fingerprint density at radius 3 is 2.61 bits per heavy atom. The van der Waals surface area contributed by atoms with Crippen LogP contribution in [-0.4, -0.2) is 54.9 Å². The minimum atomic E-state index is -0.899. The number of piperidine rings is 1. The Hall–Kier alpha value is -1.43. The maximum absolute atomic E-state index is 12.3. The third-order valence-corrected chi connectivity index (χ3v) is 4.71. The standard InChI is InChI=1S/C18H27NO4/c1-17(2)13-19(10-9-18(17,21)14-22-3)16(20)12-23-11-15-7-5-4-6-8-15/h4-8,21H,9-14H2,1-3H3/t18-/m1/s1. The molecular formula is C18H27NO4. The van der Waals surface area contributed by atoms with Crippen molar-refractivity contribution in [2.45, 2.75) is 32.5 Å². The van der Waals surface area contributed by atoms with Crippen molar-refractivity contribution in [2.75, 3.05) is 33.4 Å². The number of carbonyl (C=O) groups excluding carboxylic acids is 1. The van der Waals surface area contributed by atoms with E-state index in [0.29, 0.717) is 26.1 Å². The summed E-state index contributed by atoms with van der Waals surface area (Å²) in [5.41, 5.74) is -0.270. The van der Waals surface area contributed by atoms with Gasteiger partial charge in [0, 0.05) is 25.6 Å². The van der Waals surface area contributed by atoms with Crippen LogP contribution in [0.4, 0.5) is 0 Å². The summed E-state index contributed by atoms with van der Waals surface area (Å²) in [5, 5.41) is 10.7. The molecule has 1 saturated heterocycles. The normalized spacial score (nSPS) is 23.7. The van der Waals surface area contributed by atoms with Crippen LogP contribution < -0.4 is 0 Å². The van der Waals surface area contributed by atoms with Crippen LogP contribution >= 0.6 is 0 Å². The molecule has 1 aliphatic rings. The van der Waals surface area contributed by atoms with Crippen molar-refractivity contribution in [3.05, 3.63) is 35.9 Å². The van der Waals surface area contributed by atoms with Gasteiger partial charge in [-0.15, -0.1) is 0 Å². The number of nitrogens with zero attached hydrogens (tertiary/aromatic N) is 1. The molecule has 0 aliphatic carbocycles. The number of rotatable bonds is 6. The summed E-state index contributed by atoms with van der Waals surface area (Å²) in [4.78, 5) is 14.1. The molecule has 1 heterocycles. The van der Waals surface area contributed by atoms with Crippen LogP contribution in [0.25, 0.3) is 0 Å². The van der Waals surface area contributed by atoms with Crippen LogP contribution in [0.2, 0.25) is 0 Å². The molecule has 0 radical (unpaired) electrons. The smallest absolute Gasteiger partial charge is 0.248 e. The van der Waals surface area contributed by atoms with Gasteiger partial charge < -0.3 is 19.5 Å². The molecule has 1 amide bonds. The average Bonchev–Trinajstić information content (AvgIpc) is 2.51. The number of ether oxygens (including phenoxy) is 2. The molecule has 2 rings (SSSR count). The third-order valence-electron chi connectivity index (χ3n) is 4.71. The zero-order chi connectivity index (χ0) is 16.9. The van der Waals surface area contributed by atoms with Crippen LogP contribution in [0, 0.1) is 5.41 Å². The van der Waals surface area contributed by atoms with Gasteiger partial charge in [-0.2, -0.15) is 0 Å². The van der Waals surface area contributed by atoms with E-state index in [9.17, 15) is 9.90 Å². The lowest BCUT2D eigenvalue weighted by Crippen LogP contribution is -2.60. The summed E-state index contributed by atoms with van der Waals surface area (Å²) in [5.74, 6) is -0.0338. The van der Waals surface area contributed by atoms with Gasteiger partial charge in [-0.1, -0.05) is 44.2 Å². The highest BCUT2D eigenvalue weighted by molar-refractivity contribution is 5.77. The van der Waals surface area contributed by atoms with E-state index in [1.165, 1.54) is 0 Å². The van der Waals surface area contributed by atoms with Gasteiger partial charge in [0.05, 0.1) is 18.8 Å². The van der Waals surface area contributed by atoms with E-state index in [0.717, 1.165) is 5.56 Å². The molecule has 0 bridgehead atoms. The second kappa shape index (κ2) is 7.43. The fourth-order valence-corrected chi connectivity index (χ4v) is 3.00. The summed E-state index contributed by atoms with van der Waals surface area (Å²) in [6.45, 7) is 5.74. The predicted octanol–water partition coefficient (Wildman–Crippen LogP) is 1.84. The molecule has 0 unspecified atom stereocenters. The lowest BCUT2D eigenvalue weighted by atomic mass is 9.70. The number of amides is 1. The molecule has 1 fully saturated rings. The fourth-order valence-electron chi connectivity index (χ4n) is 3.00. The van der Waals surface area contributed by atoms with E-state index in [-0.39, 0.29) is 19.1 Å². The van der Waals surface area contributed by atoms with Crippen LogP contribution in [0.15, 0.2) is 30.3 Å². The Kier molecular flexibility index (Phi) is 5.79. The molecule has 0 spiro atoms. The average molecular weight is 321 g/mol. The molecule has 0 aromatic heterocycles. The molecule has 1 aromatic carbocycles. The van der Waals surface area contributed by atoms with Crippen molar-refractivity contribution in [3.63, 3.8) is 0 Å². The summed E-state index contributed by atoms with van der Waals surface area (Å²) in [6, 6.07) is 9.79. The number of likely N-dealkylation sites (tertiary alicyclic amines) is 1. The molecule has 1 aromatic rings. The molecule has 5 nitrogen and oxygen atoms in total. The summed E-state index contributed by atoms with van der Waals surface area (Å²) < 4.78 is 10.7. The van der Waals surface area contributed by atoms with Gasteiger partial charge in [-0.05, 0) is 12.0 Å². The molecular weight excluding hydrogens is 294 g/mol. The van der Waals surface area contributed by atoms with E-state index in [2.05, 4.69) is 0 Å². The van der Waals surface area contributed by atoms with Crippen LogP contribution in [-0.2, 0) is 20.9 Å². The molecule has 128 valence electrons. The second-order valence-corrected chi connectivity index (χ2v) is 6.89. The molecule has 1 aliphatic heterocycles. The van der Waals surface area contributed by atoms with Gasteiger partial charge in [0.2, 0.25) is 5.91 Å². The van der Waals surface area contributed by atoms with Crippen molar-refractivity contribution >= 4 is 5.91 Å². The Labute approximate surface area is 138 Å².